The van der Waals surface area contributed by atoms with E-state index in [9.17, 15) is 0 Å². The summed E-state index contributed by atoms with van der Waals surface area (Å²) in [6.07, 6.45) is 7.53. The van der Waals surface area contributed by atoms with Gasteiger partial charge >= 0.3 is 0 Å². The second-order valence-electron chi connectivity index (χ2n) is 4.07. The van der Waals surface area contributed by atoms with Gasteiger partial charge in [0.25, 0.3) is 0 Å². The van der Waals surface area contributed by atoms with Crippen LogP contribution in [-0.4, -0.2) is 20.3 Å². The van der Waals surface area contributed by atoms with Crippen molar-refractivity contribution in [3.8, 4) is 23.8 Å². The summed E-state index contributed by atoms with van der Waals surface area (Å²) in [6, 6.07) is 5.90. The smallest absolute Gasteiger partial charge is 0.127 e. The van der Waals surface area contributed by atoms with E-state index in [2.05, 4.69) is 18.2 Å². The van der Waals surface area contributed by atoms with Crippen LogP contribution in [0, 0.1) is 12.3 Å². The van der Waals surface area contributed by atoms with Crippen LogP contribution in [0.15, 0.2) is 18.2 Å². The molecule has 1 rings (SSSR count). The van der Waals surface area contributed by atoms with Crippen molar-refractivity contribution in [1.82, 2.24) is 5.32 Å². The van der Waals surface area contributed by atoms with Crippen LogP contribution in [0.2, 0.25) is 0 Å². The van der Waals surface area contributed by atoms with Gasteiger partial charge in [-0.25, -0.2) is 0 Å². The van der Waals surface area contributed by atoms with Gasteiger partial charge in [0.2, 0.25) is 0 Å². The van der Waals surface area contributed by atoms with Gasteiger partial charge in [-0.1, -0.05) is 25.3 Å². The largest absolute Gasteiger partial charge is 0.497 e. The number of ether oxygens (including phenoxy) is 2. The fraction of sp³-hybridized carbons (Fsp3) is 0.467. The molecule has 98 valence electrons. The molecule has 0 aromatic heterocycles. The Bertz CT molecular complexity index is 409. The van der Waals surface area contributed by atoms with Gasteiger partial charge in [-0.15, -0.1) is 6.42 Å². The third-order valence-electron chi connectivity index (χ3n) is 2.81. The molecule has 0 aliphatic heterocycles. The van der Waals surface area contributed by atoms with Crippen molar-refractivity contribution in [2.75, 3.05) is 14.2 Å². The summed E-state index contributed by atoms with van der Waals surface area (Å²) >= 11 is 0. The monoisotopic (exact) mass is 247 g/mol. The lowest BCUT2D eigenvalue weighted by Gasteiger charge is -2.14. The first-order valence-electron chi connectivity index (χ1n) is 6.15. The van der Waals surface area contributed by atoms with Gasteiger partial charge in [-0.3, -0.25) is 5.32 Å². The lowest BCUT2D eigenvalue weighted by Crippen LogP contribution is -2.26. The van der Waals surface area contributed by atoms with E-state index in [0.29, 0.717) is 6.54 Å². The molecule has 0 amide bonds. The molecule has 0 aliphatic rings. The van der Waals surface area contributed by atoms with Gasteiger partial charge in [-0.05, 0) is 12.5 Å². The molecule has 0 saturated heterocycles. The Kier molecular flexibility index (Phi) is 6.10. The van der Waals surface area contributed by atoms with Gasteiger partial charge in [-0.2, -0.15) is 0 Å². The van der Waals surface area contributed by atoms with E-state index in [-0.39, 0.29) is 6.04 Å². The summed E-state index contributed by atoms with van der Waals surface area (Å²) in [5.74, 6) is 4.36. The topological polar surface area (TPSA) is 30.5 Å². The van der Waals surface area contributed by atoms with Crippen LogP contribution in [0.3, 0.4) is 0 Å². The molecule has 3 nitrogen and oxygen atoms in total. The third kappa shape index (κ3) is 3.97. The Balaban J connectivity index is 2.69. The summed E-state index contributed by atoms with van der Waals surface area (Å²) in [6.45, 7) is 2.82. The second-order valence-corrected chi connectivity index (χ2v) is 4.07. The number of rotatable bonds is 7. The first kappa shape index (κ1) is 14.4. The maximum absolute atomic E-state index is 5.48. The fourth-order valence-electron chi connectivity index (χ4n) is 1.76. The summed E-state index contributed by atoms with van der Waals surface area (Å²) in [5.41, 5.74) is 1.08. The molecule has 1 aromatic carbocycles. The van der Waals surface area contributed by atoms with Crippen LogP contribution >= 0.6 is 0 Å². The predicted octanol–water partition coefficient (Wildman–Crippen LogP) is 2.60. The highest BCUT2D eigenvalue weighted by molar-refractivity contribution is 5.40. The van der Waals surface area contributed by atoms with Crippen LogP contribution in [0.1, 0.15) is 25.3 Å². The van der Waals surface area contributed by atoms with E-state index in [1.165, 1.54) is 0 Å². The Morgan fingerprint density at radius 1 is 1.33 bits per heavy atom. The summed E-state index contributed by atoms with van der Waals surface area (Å²) in [4.78, 5) is 0. The maximum Gasteiger partial charge on any atom is 0.127 e. The molecular formula is C15H21NO2. The van der Waals surface area contributed by atoms with Crippen LogP contribution in [0.25, 0.3) is 0 Å². The first-order chi connectivity index (χ1) is 8.74. The average molecular weight is 247 g/mol. The minimum Gasteiger partial charge on any atom is -0.497 e. The highest BCUT2D eigenvalue weighted by Crippen LogP contribution is 2.24. The van der Waals surface area contributed by atoms with Crippen LogP contribution in [0.4, 0.5) is 0 Å². The predicted molar refractivity (Wildman–Crippen MR) is 73.9 cm³/mol. The molecule has 18 heavy (non-hydrogen) atoms. The van der Waals surface area contributed by atoms with Gasteiger partial charge in [0.1, 0.15) is 11.5 Å². The van der Waals surface area contributed by atoms with E-state index in [1.807, 2.05) is 18.2 Å². The third-order valence-corrected chi connectivity index (χ3v) is 2.81. The number of hydrogen-bond acceptors (Lipinski definition) is 3. The molecule has 1 unspecified atom stereocenters. The number of terminal acetylenes is 1. The van der Waals surface area contributed by atoms with Gasteiger partial charge < -0.3 is 9.47 Å². The second kappa shape index (κ2) is 7.62. The zero-order valence-corrected chi connectivity index (χ0v) is 11.3. The Hall–Kier alpha value is -1.66. The van der Waals surface area contributed by atoms with Crippen molar-refractivity contribution < 1.29 is 9.47 Å². The highest BCUT2D eigenvalue weighted by atomic mass is 16.5. The minimum atomic E-state index is 0.113. The molecule has 0 aliphatic carbocycles. The van der Waals surface area contributed by atoms with Crippen LogP contribution < -0.4 is 14.8 Å². The van der Waals surface area contributed by atoms with Crippen LogP contribution in [-0.2, 0) is 6.54 Å². The Morgan fingerprint density at radius 2 is 2.11 bits per heavy atom. The lowest BCUT2D eigenvalue weighted by molar-refractivity contribution is 0.389. The van der Waals surface area contributed by atoms with Crippen molar-refractivity contribution in [2.24, 2.45) is 0 Å². The quantitative estimate of drug-likeness (QED) is 0.751. The van der Waals surface area contributed by atoms with E-state index < -0.39 is 0 Å². The molecule has 3 heteroatoms. The van der Waals surface area contributed by atoms with Crippen LogP contribution in [0.5, 0.6) is 11.5 Å². The van der Waals surface area contributed by atoms with E-state index in [0.717, 1.165) is 29.9 Å². The average Bonchev–Trinajstić information content (AvgIpc) is 2.43. The van der Waals surface area contributed by atoms with Gasteiger partial charge in [0, 0.05) is 18.2 Å². The molecular weight excluding hydrogens is 226 g/mol. The zero-order valence-electron chi connectivity index (χ0n) is 11.3. The van der Waals surface area contributed by atoms with Crippen molar-refractivity contribution in [2.45, 2.75) is 32.4 Å². The molecule has 0 saturated carbocycles. The zero-order chi connectivity index (χ0) is 13.4. The molecule has 0 radical (unpaired) electrons. The van der Waals surface area contributed by atoms with Gasteiger partial charge in [0.05, 0.1) is 20.3 Å². The molecule has 0 spiro atoms. The molecule has 0 bridgehead atoms. The first-order valence-corrected chi connectivity index (χ1v) is 6.15. The van der Waals surface area contributed by atoms with Crippen molar-refractivity contribution in [1.29, 1.82) is 0 Å². The SMILES string of the molecule is C#CC(CCC)NCc1ccc(OC)cc1OC. The van der Waals surface area contributed by atoms with Crippen molar-refractivity contribution >= 4 is 0 Å². The van der Waals surface area contributed by atoms with E-state index in [4.69, 9.17) is 15.9 Å². The molecule has 1 atom stereocenters. The normalized spacial score (nSPS) is 11.7. The Morgan fingerprint density at radius 3 is 2.67 bits per heavy atom. The number of methoxy groups -OCH3 is 2. The van der Waals surface area contributed by atoms with E-state index >= 15 is 0 Å². The molecule has 0 heterocycles. The van der Waals surface area contributed by atoms with E-state index in [1.54, 1.807) is 14.2 Å². The molecule has 1 aromatic rings. The molecule has 0 fully saturated rings. The van der Waals surface area contributed by atoms with Crippen molar-refractivity contribution in [3.05, 3.63) is 23.8 Å². The number of nitrogens with one attached hydrogen (secondary N) is 1. The number of benzene rings is 1. The van der Waals surface area contributed by atoms with Crippen molar-refractivity contribution in [3.63, 3.8) is 0 Å². The summed E-state index contributed by atoms with van der Waals surface area (Å²) in [5, 5.41) is 3.34. The lowest BCUT2D eigenvalue weighted by atomic mass is 10.1. The van der Waals surface area contributed by atoms with Gasteiger partial charge in [0.15, 0.2) is 0 Å². The number of hydrogen-bond donors (Lipinski definition) is 1. The Labute approximate surface area is 109 Å². The summed E-state index contributed by atoms with van der Waals surface area (Å²) < 4.78 is 10.5. The minimum absolute atomic E-state index is 0.113. The highest BCUT2D eigenvalue weighted by Gasteiger charge is 2.07. The fourth-order valence-corrected chi connectivity index (χ4v) is 1.76. The standard InChI is InChI=1S/C15H21NO2/c1-5-7-13(6-2)16-11-12-8-9-14(17-3)10-15(12)18-4/h2,8-10,13,16H,5,7,11H2,1,3-4H3. The molecule has 1 N–H and O–H groups in total. The summed E-state index contributed by atoms with van der Waals surface area (Å²) in [7, 11) is 3.30. The maximum atomic E-state index is 5.48.